The summed E-state index contributed by atoms with van der Waals surface area (Å²) in [6.07, 6.45) is 19.4. The zero-order valence-electron chi connectivity index (χ0n) is 45.3. The van der Waals surface area contributed by atoms with E-state index in [0.29, 0.717) is 69.0 Å². The summed E-state index contributed by atoms with van der Waals surface area (Å²) in [6, 6.07) is 4.26. The molecule has 0 aromatic carbocycles. The van der Waals surface area contributed by atoms with Crippen molar-refractivity contribution < 1.29 is 48.0 Å². The zero-order chi connectivity index (χ0) is 53.8. The first-order chi connectivity index (χ1) is 35.8. The molecule has 16 heteroatoms. The number of pyridine rings is 1. The molecule has 8 rings (SSSR count). The standard InChI is InChI=1S/C59H80N6O10/c1-35-29-43-51(48(66)33-47(53(43)68)63-55(69)36(2)11-9-13-49(72-7)54(75-56(60)70)38(4)31-37(3)52(67)50(30-35)73-8)62-23-24-64-25-27-65(28-26-64)57(71)74-41-18-20-58(5)40(32-41)14-15-42-45-17-16-44(39-12-10-22-61-34-39)59(45,6)21-19-46(42)58/h9-14,16,22,31,33-35,37,41-42,45-46,49-50,52,54,62,67H,15,17-21,23-30,32H2,1-8H3,(H2,60,70)(H,63,69)/b13-9-,36-11+,38-31+/t35-,37+,41?,42?,45?,46?,49+,50+,52+,54+,58?,59?/m1/s1. The molecule has 1 saturated heterocycles. The number of Topliss-reactive ketones (excluding diaryl/α,β-unsaturated/α-hetero) is 1. The van der Waals surface area contributed by atoms with Gasteiger partial charge in [-0.1, -0.05) is 75.8 Å². The van der Waals surface area contributed by atoms with Gasteiger partial charge in [0.15, 0.2) is 6.10 Å². The minimum Gasteiger partial charge on any atom is -0.446 e. The third kappa shape index (κ3) is 12.0. The van der Waals surface area contributed by atoms with Gasteiger partial charge in [0, 0.05) is 95.4 Å². The average molecular weight is 1030 g/mol. The maximum Gasteiger partial charge on any atom is 0.410 e. The number of aliphatic hydroxyl groups is 1. The van der Waals surface area contributed by atoms with Crippen LogP contribution in [-0.2, 0) is 33.3 Å². The number of methoxy groups -OCH3 is 2. The molecule has 2 saturated carbocycles. The van der Waals surface area contributed by atoms with Gasteiger partial charge in [0.2, 0.25) is 11.6 Å². The Labute approximate surface area is 443 Å². The Morgan fingerprint density at radius 3 is 2.43 bits per heavy atom. The molecule has 1 aromatic heterocycles. The first-order valence-electron chi connectivity index (χ1n) is 27.2. The highest BCUT2D eigenvalue weighted by atomic mass is 16.6. The van der Waals surface area contributed by atoms with E-state index in [4.69, 9.17) is 24.7 Å². The monoisotopic (exact) mass is 1030 g/mol. The largest absolute Gasteiger partial charge is 0.446 e. The van der Waals surface area contributed by atoms with E-state index >= 15 is 0 Å². The smallest absolute Gasteiger partial charge is 0.410 e. The maximum atomic E-state index is 14.3. The van der Waals surface area contributed by atoms with Crippen molar-refractivity contribution in [1.82, 2.24) is 25.4 Å². The lowest BCUT2D eigenvalue weighted by molar-refractivity contribution is -0.120. The van der Waals surface area contributed by atoms with Crippen LogP contribution in [0.3, 0.4) is 0 Å². The van der Waals surface area contributed by atoms with Crippen LogP contribution in [0.25, 0.3) is 5.57 Å². The molecular weight excluding hydrogens is 953 g/mol. The van der Waals surface area contributed by atoms with Crippen molar-refractivity contribution in [2.45, 2.75) is 130 Å². The van der Waals surface area contributed by atoms with Gasteiger partial charge in [-0.05, 0) is 122 Å². The molecule has 3 amide bonds. The fraction of sp³-hybridized carbons (Fsp3) is 0.593. The predicted octanol–water partition coefficient (Wildman–Crippen LogP) is 7.53. The predicted molar refractivity (Wildman–Crippen MR) is 285 cm³/mol. The van der Waals surface area contributed by atoms with Crippen LogP contribution in [0.5, 0.6) is 0 Å². The summed E-state index contributed by atoms with van der Waals surface area (Å²) in [5.74, 6) is -0.348. The van der Waals surface area contributed by atoms with Gasteiger partial charge in [-0.3, -0.25) is 24.3 Å². The van der Waals surface area contributed by atoms with Crippen LogP contribution in [0.4, 0.5) is 9.59 Å². The Bertz CT molecular complexity index is 2560. The summed E-state index contributed by atoms with van der Waals surface area (Å²) in [5, 5.41) is 17.5. The Hall–Kier alpha value is -5.68. The van der Waals surface area contributed by atoms with Gasteiger partial charge in [-0.15, -0.1) is 0 Å². The van der Waals surface area contributed by atoms with Crippen LogP contribution in [0.1, 0.15) is 105 Å². The molecule has 3 fully saturated rings. The lowest BCUT2D eigenvalue weighted by Crippen LogP contribution is -2.52. The Morgan fingerprint density at radius 1 is 0.960 bits per heavy atom. The van der Waals surface area contributed by atoms with Crippen LogP contribution in [0.2, 0.25) is 0 Å². The lowest BCUT2D eigenvalue weighted by Gasteiger charge is -2.58. The summed E-state index contributed by atoms with van der Waals surface area (Å²) in [7, 11) is 2.95. The van der Waals surface area contributed by atoms with Crippen molar-refractivity contribution in [3.63, 3.8) is 0 Å². The molecule has 2 aliphatic heterocycles. The highest BCUT2D eigenvalue weighted by molar-refractivity contribution is 6.23. The summed E-state index contributed by atoms with van der Waals surface area (Å²) in [5.41, 5.74) is 11.0. The number of carbonyl (C=O) groups excluding carboxylic acids is 5. The van der Waals surface area contributed by atoms with E-state index in [2.05, 4.69) is 52.6 Å². The molecule has 0 radical (unpaired) electrons. The summed E-state index contributed by atoms with van der Waals surface area (Å²) < 4.78 is 23.2. The highest BCUT2D eigenvalue weighted by Crippen LogP contribution is 2.66. The van der Waals surface area contributed by atoms with Gasteiger partial charge in [0.25, 0.3) is 5.91 Å². The molecule has 1 aromatic rings. The van der Waals surface area contributed by atoms with Gasteiger partial charge in [0.1, 0.15) is 12.2 Å². The fourth-order valence-electron chi connectivity index (χ4n) is 13.8. The van der Waals surface area contributed by atoms with Gasteiger partial charge in [-0.25, -0.2) is 9.59 Å². The van der Waals surface area contributed by atoms with Crippen molar-refractivity contribution in [2.24, 2.45) is 46.2 Å². The van der Waals surface area contributed by atoms with E-state index in [9.17, 15) is 29.1 Å². The number of hydrogen-bond donors (Lipinski definition) is 4. The van der Waals surface area contributed by atoms with E-state index in [1.54, 1.807) is 37.0 Å². The van der Waals surface area contributed by atoms with E-state index in [1.807, 2.05) is 32.3 Å². The second-order valence-corrected chi connectivity index (χ2v) is 22.7. The Kier molecular flexibility index (Phi) is 17.5. The number of primary amides is 1. The molecular formula is C59H80N6O10. The van der Waals surface area contributed by atoms with Crippen molar-refractivity contribution in [3.05, 3.63) is 106 Å². The molecule has 5 N–H and O–H groups in total. The number of carbonyl (C=O) groups is 5. The number of aromatic nitrogens is 1. The van der Waals surface area contributed by atoms with Crippen molar-refractivity contribution in [1.29, 1.82) is 0 Å². The molecule has 7 aliphatic rings. The SMILES string of the molecule is CO[C@H]1/C=C\C=C(/C)C(=O)NC2=CC(=O)C(NCCN3CCN(C(=O)OC4CCC5(C)C(=CCC6C5CCC5(C)C(c7cccnc7)=CCC65)C4)CC3)=C(C[C@@H](C)C[C@H](OC)[C@@H](O)[C@@H](C)/C=C(\C)[C@@H]1OC(N)=O)C2=O. The third-order valence-electron chi connectivity index (χ3n) is 18.0. The topological polar surface area (TPSA) is 212 Å². The number of nitrogens with zero attached hydrogens (tertiary/aromatic N) is 3. The number of allylic oxidation sites excluding steroid dienone is 7. The normalized spacial score (nSPS) is 35.9. The van der Waals surface area contributed by atoms with Crippen LogP contribution in [0, 0.1) is 40.4 Å². The first-order valence-corrected chi connectivity index (χ1v) is 27.2. The van der Waals surface area contributed by atoms with Crippen molar-refractivity contribution in [2.75, 3.05) is 53.5 Å². The number of rotatable bonds is 9. The van der Waals surface area contributed by atoms with E-state index in [1.165, 1.54) is 49.8 Å². The number of amides is 3. The second-order valence-electron chi connectivity index (χ2n) is 22.7. The van der Waals surface area contributed by atoms with E-state index < -0.39 is 53.9 Å². The third-order valence-corrected chi connectivity index (χ3v) is 18.0. The highest BCUT2D eigenvalue weighted by Gasteiger charge is 2.57. The number of ether oxygens (including phenoxy) is 4. The number of ketones is 2. The number of aliphatic hydroxyl groups excluding tert-OH is 1. The maximum absolute atomic E-state index is 14.3. The number of hydrogen-bond acceptors (Lipinski definition) is 13. The van der Waals surface area contributed by atoms with Crippen LogP contribution in [0.15, 0.2) is 101 Å². The summed E-state index contributed by atoms with van der Waals surface area (Å²) in [6.45, 7) is 15.2. The number of nitrogens with two attached hydrogens (primary N) is 1. The summed E-state index contributed by atoms with van der Waals surface area (Å²) >= 11 is 0. The van der Waals surface area contributed by atoms with Crippen LogP contribution >= 0.6 is 0 Å². The van der Waals surface area contributed by atoms with Crippen molar-refractivity contribution >= 4 is 35.2 Å². The molecule has 5 aliphatic carbocycles. The van der Waals surface area contributed by atoms with E-state index in [-0.39, 0.29) is 57.9 Å². The van der Waals surface area contributed by atoms with Crippen LogP contribution in [-0.4, -0.2) is 134 Å². The molecule has 3 heterocycles. The molecule has 2 bridgehead atoms. The minimum absolute atomic E-state index is 0.127. The molecule has 0 spiro atoms. The molecule has 406 valence electrons. The molecule has 12 atom stereocenters. The first kappa shape index (κ1) is 55.5. The number of nitrogens with one attached hydrogen (secondary N) is 2. The zero-order valence-corrected chi connectivity index (χ0v) is 45.3. The second kappa shape index (κ2) is 23.7. The molecule has 6 unspecified atom stereocenters. The quantitative estimate of drug-likeness (QED) is 0.139. The fourth-order valence-corrected chi connectivity index (χ4v) is 13.8. The number of fused-ring (bicyclic) bond motifs is 7. The molecule has 75 heavy (non-hydrogen) atoms. The Balaban J connectivity index is 0.870. The van der Waals surface area contributed by atoms with Crippen LogP contribution < -0.4 is 16.4 Å². The average Bonchev–Trinajstić information content (AvgIpc) is 3.78. The van der Waals surface area contributed by atoms with Gasteiger partial charge in [-0.2, -0.15) is 0 Å². The van der Waals surface area contributed by atoms with Crippen molar-refractivity contribution in [3.8, 4) is 0 Å². The van der Waals surface area contributed by atoms with E-state index in [0.717, 1.165) is 38.2 Å². The Morgan fingerprint density at radius 2 is 1.72 bits per heavy atom. The minimum atomic E-state index is -1.01. The molecule has 16 nitrogen and oxygen atoms in total. The number of piperazine rings is 1. The lowest BCUT2D eigenvalue weighted by atomic mass is 9.47. The summed E-state index contributed by atoms with van der Waals surface area (Å²) in [4.78, 5) is 75.8. The van der Waals surface area contributed by atoms with Gasteiger partial charge >= 0.3 is 12.2 Å². The van der Waals surface area contributed by atoms with Gasteiger partial charge in [0.05, 0.1) is 23.6 Å². The van der Waals surface area contributed by atoms with Gasteiger partial charge < -0.3 is 45.3 Å².